The number of rotatable bonds is 4. The van der Waals surface area contributed by atoms with Gasteiger partial charge in [-0.1, -0.05) is 24.3 Å². The van der Waals surface area contributed by atoms with E-state index in [1.54, 1.807) is 13.0 Å². The van der Waals surface area contributed by atoms with Gasteiger partial charge in [0.1, 0.15) is 0 Å². The number of nitrogens with zero attached hydrogens (tertiary/aromatic N) is 1. The lowest BCUT2D eigenvalue weighted by atomic mass is 9.97. The summed E-state index contributed by atoms with van der Waals surface area (Å²) in [4.78, 5) is 0. The number of sulfonamides is 1. The van der Waals surface area contributed by atoms with Gasteiger partial charge in [0.05, 0.1) is 11.4 Å². The van der Waals surface area contributed by atoms with Crippen molar-refractivity contribution in [1.82, 2.24) is 4.31 Å². The summed E-state index contributed by atoms with van der Waals surface area (Å²) < 4.78 is 26.4. The summed E-state index contributed by atoms with van der Waals surface area (Å²) in [5.41, 5.74) is 6.29. The molecule has 2 rings (SSSR count). The van der Waals surface area contributed by atoms with Crippen LogP contribution in [0.3, 0.4) is 0 Å². The maximum Gasteiger partial charge on any atom is 0.218 e. The highest BCUT2D eigenvalue weighted by Crippen LogP contribution is 2.24. The maximum absolute atomic E-state index is 12.5. The number of aliphatic hydroxyl groups is 1. The minimum absolute atomic E-state index is 0.0591. The Hall–Kier alpha value is -0.950. The second-order valence-electron chi connectivity index (χ2n) is 5.66. The first-order valence-electron chi connectivity index (χ1n) is 6.81. The number of hydrogen-bond acceptors (Lipinski definition) is 4. The first kappa shape index (κ1) is 15.4. The molecule has 1 aromatic rings. The lowest BCUT2D eigenvalue weighted by Gasteiger charge is -2.36. The van der Waals surface area contributed by atoms with Gasteiger partial charge in [0.15, 0.2) is 0 Å². The average molecular weight is 298 g/mol. The topological polar surface area (TPSA) is 83.6 Å². The van der Waals surface area contributed by atoms with Crippen LogP contribution in [0, 0.1) is 0 Å². The molecule has 0 spiro atoms. The zero-order valence-electron chi connectivity index (χ0n) is 11.7. The second-order valence-corrected chi connectivity index (χ2v) is 7.63. The number of piperidine rings is 1. The molecule has 20 heavy (non-hydrogen) atoms. The zero-order valence-corrected chi connectivity index (χ0v) is 12.6. The molecule has 1 aliphatic rings. The van der Waals surface area contributed by atoms with Crippen LogP contribution in [-0.4, -0.2) is 36.5 Å². The predicted octanol–water partition coefficient (Wildman–Crippen LogP) is 0.822. The lowest BCUT2D eigenvalue weighted by molar-refractivity contribution is 0.00935. The molecule has 1 saturated heterocycles. The molecule has 112 valence electrons. The summed E-state index contributed by atoms with van der Waals surface area (Å²) in [6, 6.07) is 7.30. The Balaban J connectivity index is 2.19. The van der Waals surface area contributed by atoms with Crippen LogP contribution in [0.2, 0.25) is 0 Å². The molecular formula is C14H22N2O3S. The highest BCUT2D eigenvalue weighted by Gasteiger charge is 2.34. The Bertz CT molecular complexity index is 570. The molecule has 0 aromatic heterocycles. The van der Waals surface area contributed by atoms with Gasteiger partial charge < -0.3 is 10.8 Å². The van der Waals surface area contributed by atoms with Crippen molar-refractivity contribution in [3.63, 3.8) is 0 Å². The SMILES string of the molecule is CC1(O)CCCN(S(=O)(=O)Cc2ccccc2CN)C1. The number of benzene rings is 1. The summed E-state index contributed by atoms with van der Waals surface area (Å²) in [5.74, 6) is -0.0591. The zero-order chi connectivity index (χ0) is 14.8. The third-order valence-electron chi connectivity index (χ3n) is 3.71. The molecule has 0 amide bonds. The van der Waals surface area contributed by atoms with E-state index in [2.05, 4.69) is 0 Å². The molecule has 5 nitrogen and oxygen atoms in total. The summed E-state index contributed by atoms with van der Waals surface area (Å²) >= 11 is 0. The molecule has 1 atom stereocenters. The first-order chi connectivity index (χ1) is 9.34. The fraction of sp³-hybridized carbons (Fsp3) is 0.571. The highest BCUT2D eigenvalue weighted by atomic mass is 32.2. The van der Waals surface area contributed by atoms with Crippen LogP contribution >= 0.6 is 0 Å². The molecule has 1 fully saturated rings. The minimum atomic E-state index is -3.42. The largest absolute Gasteiger partial charge is 0.389 e. The number of nitrogens with two attached hydrogens (primary N) is 1. The molecule has 1 aliphatic heterocycles. The number of hydrogen-bond donors (Lipinski definition) is 2. The van der Waals surface area contributed by atoms with Gasteiger partial charge in [0.25, 0.3) is 0 Å². The fourth-order valence-electron chi connectivity index (χ4n) is 2.60. The molecule has 6 heteroatoms. The third kappa shape index (κ3) is 3.58. The Kier molecular flexibility index (Phi) is 4.49. The van der Waals surface area contributed by atoms with E-state index in [0.717, 1.165) is 11.1 Å². The van der Waals surface area contributed by atoms with Crippen molar-refractivity contribution in [2.24, 2.45) is 5.73 Å². The molecule has 1 heterocycles. The van der Waals surface area contributed by atoms with E-state index in [4.69, 9.17) is 5.73 Å². The van der Waals surface area contributed by atoms with Crippen LogP contribution in [0.25, 0.3) is 0 Å². The molecule has 0 radical (unpaired) electrons. The van der Waals surface area contributed by atoms with Gasteiger partial charge >= 0.3 is 0 Å². The van der Waals surface area contributed by atoms with Gasteiger partial charge in [-0.05, 0) is 30.9 Å². The Morgan fingerprint density at radius 3 is 2.60 bits per heavy atom. The van der Waals surface area contributed by atoms with Crippen LogP contribution in [-0.2, 0) is 22.3 Å². The third-order valence-corrected chi connectivity index (χ3v) is 5.48. The smallest absolute Gasteiger partial charge is 0.218 e. The molecular weight excluding hydrogens is 276 g/mol. The van der Waals surface area contributed by atoms with Gasteiger partial charge in [-0.3, -0.25) is 0 Å². The molecule has 1 aromatic carbocycles. The van der Waals surface area contributed by atoms with Gasteiger partial charge in [-0.2, -0.15) is 4.31 Å². The van der Waals surface area contributed by atoms with Gasteiger partial charge in [-0.25, -0.2) is 8.42 Å². The van der Waals surface area contributed by atoms with E-state index in [9.17, 15) is 13.5 Å². The number of β-amino-alcohol motifs (C(OH)–C–C–N with tert-alkyl or cyclic N) is 1. The van der Waals surface area contributed by atoms with Crippen molar-refractivity contribution in [2.45, 2.75) is 37.7 Å². The molecule has 0 aliphatic carbocycles. The lowest BCUT2D eigenvalue weighted by Crippen LogP contribution is -2.48. The van der Waals surface area contributed by atoms with E-state index in [-0.39, 0.29) is 12.3 Å². The highest BCUT2D eigenvalue weighted by molar-refractivity contribution is 7.88. The average Bonchev–Trinajstić information content (AvgIpc) is 2.38. The van der Waals surface area contributed by atoms with Crippen molar-refractivity contribution in [3.05, 3.63) is 35.4 Å². The van der Waals surface area contributed by atoms with Crippen molar-refractivity contribution >= 4 is 10.0 Å². The monoisotopic (exact) mass is 298 g/mol. The van der Waals surface area contributed by atoms with Crippen molar-refractivity contribution < 1.29 is 13.5 Å². The Morgan fingerprint density at radius 2 is 2.00 bits per heavy atom. The predicted molar refractivity (Wildman–Crippen MR) is 78.4 cm³/mol. The van der Waals surface area contributed by atoms with E-state index >= 15 is 0 Å². The molecule has 0 bridgehead atoms. The van der Waals surface area contributed by atoms with E-state index in [0.29, 0.717) is 25.9 Å². The van der Waals surface area contributed by atoms with E-state index in [1.807, 2.05) is 18.2 Å². The normalized spacial score (nSPS) is 24.8. The summed E-state index contributed by atoms with van der Waals surface area (Å²) in [6.07, 6.45) is 1.32. The first-order valence-corrected chi connectivity index (χ1v) is 8.42. The molecule has 1 unspecified atom stereocenters. The van der Waals surface area contributed by atoms with Gasteiger partial charge in [-0.15, -0.1) is 0 Å². The Morgan fingerprint density at radius 1 is 1.35 bits per heavy atom. The van der Waals surface area contributed by atoms with Gasteiger partial charge in [0, 0.05) is 19.6 Å². The maximum atomic E-state index is 12.5. The van der Waals surface area contributed by atoms with Crippen molar-refractivity contribution in [1.29, 1.82) is 0 Å². The van der Waals surface area contributed by atoms with Crippen molar-refractivity contribution in [3.8, 4) is 0 Å². The molecule has 0 saturated carbocycles. The second kappa shape index (κ2) is 5.81. The summed E-state index contributed by atoms with van der Waals surface area (Å²) in [6.45, 7) is 2.65. The van der Waals surface area contributed by atoms with E-state index in [1.165, 1.54) is 4.31 Å². The van der Waals surface area contributed by atoms with Gasteiger partial charge in [0.2, 0.25) is 10.0 Å². The Labute approximate surface area is 120 Å². The van der Waals surface area contributed by atoms with Crippen molar-refractivity contribution in [2.75, 3.05) is 13.1 Å². The fourth-order valence-corrected chi connectivity index (χ4v) is 4.34. The quantitative estimate of drug-likeness (QED) is 0.862. The summed E-state index contributed by atoms with van der Waals surface area (Å²) in [7, 11) is -3.42. The summed E-state index contributed by atoms with van der Waals surface area (Å²) in [5, 5.41) is 10.0. The van der Waals surface area contributed by atoms with Crippen LogP contribution in [0.1, 0.15) is 30.9 Å². The van der Waals surface area contributed by atoms with Crippen LogP contribution < -0.4 is 5.73 Å². The van der Waals surface area contributed by atoms with Crippen LogP contribution in [0.4, 0.5) is 0 Å². The van der Waals surface area contributed by atoms with Crippen LogP contribution in [0.15, 0.2) is 24.3 Å². The standard InChI is InChI=1S/C14H22N2O3S/c1-14(17)7-4-8-16(11-14)20(18,19)10-13-6-3-2-5-12(13)9-15/h2-3,5-6,17H,4,7-11,15H2,1H3. The minimum Gasteiger partial charge on any atom is -0.389 e. The van der Waals surface area contributed by atoms with E-state index < -0.39 is 15.6 Å². The molecule has 3 N–H and O–H groups in total. The van der Waals surface area contributed by atoms with Crippen LogP contribution in [0.5, 0.6) is 0 Å².